The number of carbonyl (C=O) groups is 2. The van der Waals surface area contributed by atoms with Gasteiger partial charge >= 0.3 is 0 Å². The summed E-state index contributed by atoms with van der Waals surface area (Å²) in [4.78, 5) is 23.3. The number of nitrogens with one attached hydrogen (secondary N) is 1. The lowest BCUT2D eigenvalue weighted by molar-refractivity contribution is -0.129. The number of rotatable bonds is 9. The standard InChI is InChI=1S/C16H29NO2/c1-2-3-4-5-6-7-8-13-16(19)17-14-11-9-10-12-15(14)18/h14H,2-13H2,1H3,(H,17,19). The minimum Gasteiger partial charge on any atom is -0.346 e. The van der Waals surface area contributed by atoms with Crippen LogP contribution in [0.1, 0.15) is 84.0 Å². The quantitative estimate of drug-likeness (QED) is 0.647. The molecular formula is C16H29NO2. The van der Waals surface area contributed by atoms with E-state index in [1.165, 1.54) is 32.1 Å². The molecule has 3 heteroatoms. The maximum atomic E-state index is 11.7. The van der Waals surface area contributed by atoms with Crippen molar-refractivity contribution >= 4 is 11.7 Å². The fraction of sp³-hybridized carbons (Fsp3) is 0.875. The second-order valence-electron chi connectivity index (χ2n) is 5.70. The van der Waals surface area contributed by atoms with E-state index in [0.29, 0.717) is 12.8 Å². The summed E-state index contributed by atoms with van der Waals surface area (Å²) in [6.07, 6.45) is 12.6. The number of hydrogen-bond donors (Lipinski definition) is 1. The van der Waals surface area contributed by atoms with Crippen molar-refractivity contribution < 1.29 is 9.59 Å². The summed E-state index contributed by atoms with van der Waals surface area (Å²) in [6, 6.07) is -0.189. The van der Waals surface area contributed by atoms with Gasteiger partial charge in [0.05, 0.1) is 6.04 Å². The Morgan fingerprint density at radius 2 is 1.79 bits per heavy atom. The van der Waals surface area contributed by atoms with Crippen LogP contribution in [-0.2, 0) is 9.59 Å². The Bertz CT molecular complexity index is 276. The first-order chi connectivity index (χ1) is 9.24. The molecular weight excluding hydrogens is 238 g/mol. The van der Waals surface area contributed by atoms with Crippen molar-refractivity contribution in [2.24, 2.45) is 0 Å². The van der Waals surface area contributed by atoms with E-state index in [1.807, 2.05) is 0 Å². The van der Waals surface area contributed by atoms with Gasteiger partial charge in [-0.1, -0.05) is 51.9 Å². The van der Waals surface area contributed by atoms with Crippen LogP contribution in [0, 0.1) is 0 Å². The normalized spacial score (nSPS) is 19.4. The Morgan fingerprint density at radius 1 is 1.11 bits per heavy atom. The maximum Gasteiger partial charge on any atom is 0.220 e. The third kappa shape index (κ3) is 7.34. The molecule has 0 aromatic rings. The smallest absolute Gasteiger partial charge is 0.220 e. The third-order valence-electron chi connectivity index (χ3n) is 3.90. The Kier molecular flexibility index (Phi) is 8.52. The van der Waals surface area contributed by atoms with Gasteiger partial charge in [-0.15, -0.1) is 0 Å². The van der Waals surface area contributed by atoms with Crippen LogP contribution in [0.25, 0.3) is 0 Å². The average Bonchev–Trinajstić information content (AvgIpc) is 2.40. The van der Waals surface area contributed by atoms with Crippen LogP contribution in [0.5, 0.6) is 0 Å². The fourth-order valence-electron chi connectivity index (χ4n) is 2.64. The van der Waals surface area contributed by atoms with Crippen LogP contribution in [-0.4, -0.2) is 17.7 Å². The Balaban J connectivity index is 2.00. The van der Waals surface area contributed by atoms with Gasteiger partial charge in [0.25, 0.3) is 0 Å². The van der Waals surface area contributed by atoms with E-state index in [1.54, 1.807) is 0 Å². The molecule has 0 radical (unpaired) electrons. The zero-order valence-corrected chi connectivity index (χ0v) is 12.4. The van der Waals surface area contributed by atoms with E-state index in [4.69, 9.17) is 0 Å². The minimum atomic E-state index is -0.189. The molecule has 0 aliphatic heterocycles. The van der Waals surface area contributed by atoms with Gasteiger partial charge in [0.15, 0.2) is 5.78 Å². The molecule has 1 saturated carbocycles. The van der Waals surface area contributed by atoms with Crippen molar-refractivity contribution in [3.63, 3.8) is 0 Å². The zero-order chi connectivity index (χ0) is 13.9. The largest absolute Gasteiger partial charge is 0.346 e. The van der Waals surface area contributed by atoms with Gasteiger partial charge in [-0.25, -0.2) is 0 Å². The van der Waals surface area contributed by atoms with Crippen molar-refractivity contribution in [2.45, 2.75) is 90.0 Å². The molecule has 1 amide bonds. The molecule has 110 valence electrons. The zero-order valence-electron chi connectivity index (χ0n) is 12.4. The number of amides is 1. The highest BCUT2D eigenvalue weighted by molar-refractivity contribution is 5.89. The first-order valence-corrected chi connectivity index (χ1v) is 8.06. The molecule has 1 fully saturated rings. The Hall–Kier alpha value is -0.860. The monoisotopic (exact) mass is 267 g/mol. The Morgan fingerprint density at radius 3 is 2.47 bits per heavy atom. The molecule has 3 nitrogen and oxygen atoms in total. The van der Waals surface area contributed by atoms with Gasteiger partial charge in [-0.3, -0.25) is 9.59 Å². The molecule has 1 atom stereocenters. The van der Waals surface area contributed by atoms with Crippen LogP contribution in [0.4, 0.5) is 0 Å². The second kappa shape index (κ2) is 9.99. The fourth-order valence-corrected chi connectivity index (χ4v) is 2.64. The topological polar surface area (TPSA) is 46.2 Å². The highest BCUT2D eigenvalue weighted by atomic mass is 16.2. The average molecular weight is 267 g/mol. The molecule has 1 rings (SSSR count). The lowest BCUT2D eigenvalue weighted by Crippen LogP contribution is -2.42. The SMILES string of the molecule is CCCCCCCCCC(=O)NC1CCCCC1=O. The van der Waals surface area contributed by atoms with E-state index in [0.717, 1.165) is 32.1 Å². The number of unbranched alkanes of at least 4 members (excludes halogenated alkanes) is 6. The first kappa shape index (κ1) is 16.2. The summed E-state index contributed by atoms with van der Waals surface area (Å²) in [7, 11) is 0. The third-order valence-corrected chi connectivity index (χ3v) is 3.90. The van der Waals surface area contributed by atoms with Gasteiger partial charge in [-0.2, -0.15) is 0 Å². The van der Waals surface area contributed by atoms with Crippen molar-refractivity contribution in [3.8, 4) is 0 Å². The number of ketones is 1. The lowest BCUT2D eigenvalue weighted by Gasteiger charge is -2.21. The number of hydrogen-bond acceptors (Lipinski definition) is 2. The van der Waals surface area contributed by atoms with Crippen LogP contribution in [0.2, 0.25) is 0 Å². The van der Waals surface area contributed by atoms with Gasteiger partial charge in [-0.05, 0) is 19.3 Å². The van der Waals surface area contributed by atoms with E-state index in [-0.39, 0.29) is 17.7 Å². The van der Waals surface area contributed by atoms with Gasteiger partial charge < -0.3 is 5.32 Å². The molecule has 0 bridgehead atoms. The molecule has 0 aromatic carbocycles. The van der Waals surface area contributed by atoms with Crippen LogP contribution in [0.15, 0.2) is 0 Å². The van der Waals surface area contributed by atoms with E-state index in [9.17, 15) is 9.59 Å². The molecule has 19 heavy (non-hydrogen) atoms. The first-order valence-electron chi connectivity index (χ1n) is 8.06. The van der Waals surface area contributed by atoms with Crippen molar-refractivity contribution in [1.29, 1.82) is 0 Å². The summed E-state index contributed by atoms with van der Waals surface area (Å²) in [5.74, 6) is 0.285. The molecule has 1 aliphatic carbocycles. The van der Waals surface area contributed by atoms with Crippen LogP contribution >= 0.6 is 0 Å². The summed E-state index contributed by atoms with van der Waals surface area (Å²) < 4.78 is 0. The highest BCUT2D eigenvalue weighted by Crippen LogP contribution is 2.15. The van der Waals surface area contributed by atoms with Gasteiger partial charge in [0, 0.05) is 12.8 Å². The molecule has 1 aliphatic rings. The molecule has 0 saturated heterocycles. The van der Waals surface area contributed by atoms with Crippen LogP contribution < -0.4 is 5.32 Å². The second-order valence-corrected chi connectivity index (χ2v) is 5.70. The lowest BCUT2D eigenvalue weighted by atomic mass is 9.94. The molecule has 0 aromatic heterocycles. The maximum absolute atomic E-state index is 11.7. The summed E-state index contributed by atoms with van der Waals surface area (Å²) >= 11 is 0. The summed E-state index contributed by atoms with van der Waals surface area (Å²) in [5, 5.41) is 2.89. The van der Waals surface area contributed by atoms with Gasteiger partial charge in [0.1, 0.15) is 0 Å². The molecule has 0 spiro atoms. The molecule has 1 N–H and O–H groups in total. The number of carbonyl (C=O) groups excluding carboxylic acids is 2. The van der Waals surface area contributed by atoms with Crippen molar-refractivity contribution in [3.05, 3.63) is 0 Å². The summed E-state index contributed by atoms with van der Waals surface area (Å²) in [6.45, 7) is 2.22. The summed E-state index contributed by atoms with van der Waals surface area (Å²) in [5.41, 5.74) is 0. The number of Topliss-reactive ketones (excluding diaryl/α,β-unsaturated/α-hetero) is 1. The predicted octanol–water partition coefficient (Wildman–Crippen LogP) is 3.76. The predicted molar refractivity (Wildman–Crippen MR) is 78.0 cm³/mol. The van der Waals surface area contributed by atoms with E-state index < -0.39 is 0 Å². The highest BCUT2D eigenvalue weighted by Gasteiger charge is 2.23. The van der Waals surface area contributed by atoms with E-state index >= 15 is 0 Å². The van der Waals surface area contributed by atoms with Crippen molar-refractivity contribution in [2.75, 3.05) is 0 Å². The van der Waals surface area contributed by atoms with Crippen molar-refractivity contribution in [1.82, 2.24) is 5.32 Å². The van der Waals surface area contributed by atoms with Crippen LogP contribution in [0.3, 0.4) is 0 Å². The minimum absolute atomic E-state index is 0.0637. The van der Waals surface area contributed by atoms with E-state index in [2.05, 4.69) is 12.2 Å². The Labute approximate surface area is 117 Å². The molecule has 1 unspecified atom stereocenters. The molecule has 0 heterocycles. The van der Waals surface area contributed by atoms with Gasteiger partial charge in [0.2, 0.25) is 5.91 Å².